The highest BCUT2D eigenvalue weighted by molar-refractivity contribution is 5.80. The van der Waals surface area contributed by atoms with Crippen molar-refractivity contribution in [2.75, 3.05) is 13.2 Å². The predicted octanol–water partition coefficient (Wildman–Crippen LogP) is 6.12. The molecule has 1 saturated carbocycles. The average molecular weight is 582 g/mol. The summed E-state index contributed by atoms with van der Waals surface area (Å²) >= 11 is 0. The molecule has 1 aromatic rings. The maximum absolute atomic E-state index is 12.7. The summed E-state index contributed by atoms with van der Waals surface area (Å²) in [5, 5.41) is 13.0. The molecule has 12 heteroatoms. The van der Waals surface area contributed by atoms with E-state index in [-0.39, 0.29) is 42.8 Å². The van der Waals surface area contributed by atoms with Crippen molar-refractivity contribution in [2.24, 2.45) is 0 Å². The van der Waals surface area contributed by atoms with Gasteiger partial charge in [0, 0.05) is 12.5 Å². The van der Waals surface area contributed by atoms with Crippen LogP contribution in [-0.4, -0.2) is 60.6 Å². The molecule has 230 valence electrons. The highest BCUT2D eigenvalue weighted by Gasteiger charge is 2.45. The van der Waals surface area contributed by atoms with E-state index < -0.39 is 36.2 Å². The lowest BCUT2D eigenvalue weighted by atomic mass is 9.98. The largest absolute Gasteiger partial charge is 0.513 e. The van der Waals surface area contributed by atoms with Crippen molar-refractivity contribution in [3.8, 4) is 11.5 Å². The first-order valence-electron chi connectivity index (χ1n) is 14.3. The van der Waals surface area contributed by atoms with Crippen LogP contribution < -0.4 is 14.8 Å². The van der Waals surface area contributed by atoms with Crippen molar-refractivity contribution in [3.63, 3.8) is 0 Å². The molecule has 0 heterocycles. The monoisotopic (exact) mass is 581 g/mol. The second kappa shape index (κ2) is 17.3. The molecule has 0 aliphatic heterocycles. The lowest BCUT2D eigenvalue weighted by Gasteiger charge is -2.32. The maximum Gasteiger partial charge on any atom is 0.513 e. The highest BCUT2D eigenvalue weighted by Crippen LogP contribution is 2.32. The lowest BCUT2D eigenvalue weighted by molar-refractivity contribution is -0.168. The normalized spacial score (nSPS) is 15.0. The molecule has 1 fully saturated rings. The van der Waals surface area contributed by atoms with Crippen LogP contribution in [0.1, 0.15) is 91.0 Å². The summed E-state index contributed by atoms with van der Waals surface area (Å²) in [7, 11) is 0. The van der Waals surface area contributed by atoms with E-state index in [0.717, 1.165) is 32.1 Å². The number of carbonyl (C=O) groups is 4. The minimum absolute atomic E-state index is 0.127. The number of unbranched alkanes of at least 4 members (excludes halogenated alkanes) is 2. The first-order valence-corrected chi connectivity index (χ1v) is 14.3. The first kappa shape index (κ1) is 33.7. The molecule has 1 aliphatic rings. The number of hydrogen-bond donors (Lipinski definition) is 2. The lowest BCUT2D eigenvalue weighted by Crippen LogP contribution is -2.59. The fraction of sp³-hybridized carbons (Fsp3) is 0.655. The Bertz CT molecular complexity index is 1010. The Morgan fingerprint density at radius 1 is 0.902 bits per heavy atom. The molecule has 0 spiro atoms. The standard InChI is InChI=1S/C29H43NO11/c1-5-7-16-36-26(33)39-23-15-14-21(18-24(23)40-27(34)37-17-8-6-2)19-29(25(31)32,30-20(3)4)41-28(35)38-22-12-10-9-11-13-22/h14-15,18,20,22,30H,5-13,16-17,19H2,1-4H3,(H,31,32)/t29-/m0/s1. The Morgan fingerprint density at radius 2 is 1.49 bits per heavy atom. The quantitative estimate of drug-likeness (QED) is 0.0805. The predicted molar refractivity (Wildman–Crippen MR) is 147 cm³/mol. The van der Waals surface area contributed by atoms with E-state index >= 15 is 0 Å². The van der Waals surface area contributed by atoms with Gasteiger partial charge < -0.3 is 33.5 Å². The molecular weight excluding hydrogens is 538 g/mol. The van der Waals surface area contributed by atoms with E-state index in [0.29, 0.717) is 25.7 Å². The van der Waals surface area contributed by atoms with Crippen LogP contribution >= 0.6 is 0 Å². The van der Waals surface area contributed by atoms with Crippen LogP contribution in [0.4, 0.5) is 14.4 Å². The molecule has 0 saturated heterocycles. The van der Waals surface area contributed by atoms with Crippen LogP contribution in [0.25, 0.3) is 0 Å². The van der Waals surface area contributed by atoms with Crippen LogP contribution in [0.15, 0.2) is 18.2 Å². The van der Waals surface area contributed by atoms with E-state index in [1.807, 2.05) is 13.8 Å². The molecule has 0 aromatic heterocycles. The molecule has 1 aromatic carbocycles. The molecular formula is C29H43NO11. The summed E-state index contributed by atoms with van der Waals surface area (Å²) in [6, 6.07) is 3.69. The molecule has 12 nitrogen and oxygen atoms in total. The number of nitrogens with one attached hydrogen (secondary N) is 1. The molecule has 1 atom stereocenters. The SMILES string of the molecule is CCCCOC(=O)Oc1ccc(C[C@](NC(C)C)(OC(=O)OC2CCCCC2)C(=O)O)cc1OC(=O)OCCCC. The second-order valence-electron chi connectivity index (χ2n) is 10.2. The topological polar surface area (TPSA) is 156 Å². The van der Waals surface area contributed by atoms with Crippen LogP contribution in [-0.2, 0) is 30.2 Å². The number of hydrogen-bond acceptors (Lipinski definition) is 11. The van der Waals surface area contributed by atoms with Gasteiger partial charge in [-0.15, -0.1) is 0 Å². The molecule has 2 N–H and O–H groups in total. The molecule has 41 heavy (non-hydrogen) atoms. The third kappa shape index (κ3) is 11.8. The summed E-state index contributed by atoms with van der Waals surface area (Å²) in [5.41, 5.74) is -1.92. The fourth-order valence-corrected chi connectivity index (χ4v) is 4.20. The summed E-state index contributed by atoms with van der Waals surface area (Å²) in [4.78, 5) is 49.8. The Labute approximate surface area is 240 Å². The second-order valence-corrected chi connectivity index (χ2v) is 10.2. The summed E-state index contributed by atoms with van der Waals surface area (Å²) in [6.07, 6.45) is 3.29. The van der Waals surface area contributed by atoms with Gasteiger partial charge in [0.2, 0.25) is 0 Å². The van der Waals surface area contributed by atoms with E-state index in [1.165, 1.54) is 18.2 Å². The van der Waals surface area contributed by atoms with Gasteiger partial charge in [-0.1, -0.05) is 39.2 Å². The third-order valence-electron chi connectivity index (χ3n) is 6.22. The fourth-order valence-electron chi connectivity index (χ4n) is 4.20. The zero-order chi connectivity index (χ0) is 30.3. The molecule has 0 amide bonds. The number of carboxylic acid groups (broad SMARTS) is 1. The van der Waals surface area contributed by atoms with Crippen LogP contribution in [0.2, 0.25) is 0 Å². The van der Waals surface area contributed by atoms with E-state index in [9.17, 15) is 24.3 Å². The number of ether oxygens (including phenoxy) is 6. The van der Waals surface area contributed by atoms with Crippen molar-refractivity contribution >= 4 is 24.4 Å². The van der Waals surface area contributed by atoms with E-state index in [4.69, 9.17) is 28.4 Å². The highest BCUT2D eigenvalue weighted by atomic mass is 16.8. The molecule has 2 rings (SSSR count). The molecule has 0 radical (unpaired) electrons. The van der Waals surface area contributed by atoms with Crippen LogP contribution in [0.5, 0.6) is 11.5 Å². The summed E-state index contributed by atoms with van der Waals surface area (Å²) in [6.45, 7) is 7.56. The minimum atomic E-state index is -2.21. The van der Waals surface area contributed by atoms with Crippen molar-refractivity contribution in [3.05, 3.63) is 23.8 Å². The van der Waals surface area contributed by atoms with E-state index in [1.54, 1.807) is 13.8 Å². The van der Waals surface area contributed by atoms with Crippen molar-refractivity contribution in [1.29, 1.82) is 0 Å². The van der Waals surface area contributed by atoms with Crippen molar-refractivity contribution < 1.29 is 52.7 Å². The number of rotatable bonds is 15. The van der Waals surface area contributed by atoms with Gasteiger partial charge in [-0.05, 0) is 70.1 Å². The van der Waals surface area contributed by atoms with E-state index in [2.05, 4.69) is 5.32 Å². The molecule has 1 aliphatic carbocycles. The smallest absolute Gasteiger partial charge is 0.477 e. The van der Waals surface area contributed by atoms with Crippen LogP contribution in [0.3, 0.4) is 0 Å². The van der Waals surface area contributed by atoms with Crippen molar-refractivity contribution in [1.82, 2.24) is 5.32 Å². The summed E-state index contributed by atoms with van der Waals surface area (Å²) in [5.74, 6) is -1.80. The third-order valence-corrected chi connectivity index (χ3v) is 6.22. The number of carbonyl (C=O) groups excluding carboxylic acids is 3. The first-order chi connectivity index (χ1) is 19.6. The Hall–Kier alpha value is -3.54. The molecule has 0 bridgehead atoms. The van der Waals surface area contributed by atoms with Gasteiger partial charge in [0.25, 0.3) is 5.72 Å². The Kier molecular flexibility index (Phi) is 14.2. The Balaban J connectivity index is 2.32. The van der Waals surface area contributed by atoms with Crippen LogP contribution in [0, 0.1) is 0 Å². The van der Waals surface area contributed by atoms with Crippen molar-refractivity contribution in [2.45, 2.75) is 110 Å². The summed E-state index contributed by atoms with van der Waals surface area (Å²) < 4.78 is 31.5. The minimum Gasteiger partial charge on any atom is -0.477 e. The van der Waals surface area contributed by atoms with Gasteiger partial charge in [0.15, 0.2) is 11.5 Å². The zero-order valence-corrected chi connectivity index (χ0v) is 24.4. The maximum atomic E-state index is 12.7. The van der Waals surface area contributed by atoms with Gasteiger partial charge >= 0.3 is 24.4 Å². The van der Waals surface area contributed by atoms with Gasteiger partial charge in [0.1, 0.15) is 6.10 Å². The van der Waals surface area contributed by atoms with Gasteiger partial charge in [-0.2, -0.15) is 0 Å². The number of carboxylic acids is 1. The van der Waals surface area contributed by atoms with Gasteiger partial charge in [0.05, 0.1) is 13.2 Å². The molecule has 0 unspecified atom stereocenters. The van der Waals surface area contributed by atoms with Gasteiger partial charge in [-0.25, -0.2) is 19.2 Å². The number of aliphatic carboxylic acids is 1. The average Bonchev–Trinajstić information content (AvgIpc) is 2.90. The zero-order valence-electron chi connectivity index (χ0n) is 24.4. The van der Waals surface area contributed by atoms with Gasteiger partial charge in [-0.3, -0.25) is 5.32 Å². The number of benzene rings is 1. The Morgan fingerprint density at radius 3 is 2.02 bits per heavy atom.